The molecule has 0 bridgehead atoms. The van der Waals surface area contributed by atoms with Crippen LogP contribution in [0.4, 0.5) is 11.6 Å². The lowest BCUT2D eigenvalue weighted by Gasteiger charge is -2.25. The Morgan fingerprint density at radius 3 is 3.12 bits per heavy atom. The minimum absolute atomic E-state index is 0.0379. The molecule has 4 rings (SSSR count). The molecule has 1 amide bonds. The number of fused-ring (bicyclic) bond motifs is 1. The van der Waals surface area contributed by atoms with E-state index in [1.54, 1.807) is 18.4 Å². The predicted molar refractivity (Wildman–Crippen MR) is 92.7 cm³/mol. The van der Waals surface area contributed by atoms with Crippen LogP contribution in [-0.2, 0) is 11.3 Å². The fourth-order valence-electron chi connectivity index (χ4n) is 3.17. The number of nitrogens with one attached hydrogen (secondary N) is 1. The van der Waals surface area contributed by atoms with E-state index in [1.807, 2.05) is 17.0 Å². The Bertz CT molecular complexity index is 895. The third-order valence-electron chi connectivity index (χ3n) is 4.34. The maximum Gasteiger partial charge on any atom is 0.243 e. The van der Waals surface area contributed by atoms with E-state index in [9.17, 15) is 4.79 Å². The average molecular weight is 338 g/mol. The van der Waals surface area contributed by atoms with Crippen LogP contribution in [0.3, 0.4) is 0 Å². The number of anilines is 2. The first kappa shape index (κ1) is 15.4. The summed E-state index contributed by atoms with van der Waals surface area (Å²) in [5.41, 5.74) is 6.26. The molecule has 0 unspecified atom stereocenters. The van der Waals surface area contributed by atoms with Gasteiger partial charge in [-0.05, 0) is 37.1 Å². The Balaban J connectivity index is 1.58. The maximum atomic E-state index is 12.6. The molecule has 4 heterocycles. The minimum Gasteiger partial charge on any atom is -0.467 e. The Kier molecular flexibility index (Phi) is 3.93. The van der Waals surface area contributed by atoms with Gasteiger partial charge in [-0.2, -0.15) is 0 Å². The zero-order chi connectivity index (χ0) is 17.2. The number of aromatic nitrogens is 3. The van der Waals surface area contributed by atoms with Gasteiger partial charge >= 0.3 is 0 Å². The number of nitrogen functional groups attached to an aromatic ring is 1. The van der Waals surface area contributed by atoms with Gasteiger partial charge in [-0.15, -0.1) is 0 Å². The van der Waals surface area contributed by atoms with Crippen LogP contribution >= 0.6 is 0 Å². The zero-order valence-electron chi connectivity index (χ0n) is 13.6. The second-order valence-corrected chi connectivity index (χ2v) is 5.95. The molecular weight excluding hydrogens is 320 g/mol. The molecule has 0 aromatic carbocycles. The van der Waals surface area contributed by atoms with E-state index in [0.717, 1.165) is 30.5 Å². The molecule has 0 radical (unpaired) electrons. The van der Waals surface area contributed by atoms with Crippen molar-refractivity contribution in [3.8, 4) is 0 Å². The number of pyridine rings is 1. The van der Waals surface area contributed by atoms with Gasteiger partial charge in [0.2, 0.25) is 5.91 Å². The van der Waals surface area contributed by atoms with Crippen molar-refractivity contribution in [3.63, 3.8) is 0 Å². The van der Waals surface area contributed by atoms with Crippen LogP contribution < -0.4 is 16.0 Å². The number of nitrogens with zero attached hydrogens (tertiary/aromatic N) is 4. The second kappa shape index (κ2) is 6.39. The summed E-state index contributed by atoms with van der Waals surface area (Å²) in [6.07, 6.45) is 4.75. The van der Waals surface area contributed by atoms with Crippen LogP contribution in [0.25, 0.3) is 11.0 Å². The van der Waals surface area contributed by atoms with Gasteiger partial charge in [-0.3, -0.25) is 4.79 Å². The lowest BCUT2D eigenvalue weighted by atomic mass is 10.2. The summed E-state index contributed by atoms with van der Waals surface area (Å²) in [7, 11) is 0. The molecule has 3 aromatic heterocycles. The lowest BCUT2D eigenvalue weighted by Crippen LogP contribution is -2.43. The predicted octanol–water partition coefficient (Wildman–Crippen LogP) is 1.49. The maximum absolute atomic E-state index is 12.6. The number of carbonyl (C=O) groups excluding carboxylic acids is 1. The summed E-state index contributed by atoms with van der Waals surface area (Å²) in [6, 6.07) is 6.93. The summed E-state index contributed by atoms with van der Waals surface area (Å²) >= 11 is 0. The van der Waals surface area contributed by atoms with E-state index in [2.05, 4.69) is 20.3 Å². The van der Waals surface area contributed by atoms with Gasteiger partial charge in [0.25, 0.3) is 0 Å². The average Bonchev–Trinajstić information content (AvgIpc) is 3.30. The quantitative estimate of drug-likeness (QED) is 0.741. The SMILES string of the molecule is Nc1ccc2c(N3CCC[C@H]3C(=O)NCc3ccco3)ncnc2n1. The molecule has 1 fully saturated rings. The van der Waals surface area contributed by atoms with Gasteiger partial charge in [0, 0.05) is 6.54 Å². The molecule has 8 heteroatoms. The summed E-state index contributed by atoms with van der Waals surface area (Å²) in [5, 5.41) is 3.72. The number of hydrogen-bond donors (Lipinski definition) is 2. The molecule has 25 heavy (non-hydrogen) atoms. The highest BCUT2D eigenvalue weighted by Crippen LogP contribution is 2.29. The highest BCUT2D eigenvalue weighted by atomic mass is 16.3. The Morgan fingerprint density at radius 2 is 2.28 bits per heavy atom. The van der Waals surface area contributed by atoms with Crippen molar-refractivity contribution in [2.75, 3.05) is 17.2 Å². The largest absolute Gasteiger partial charge is 0.467 e. The van der Waals surface area contributed by atoms with E-state index < -0.39 is 0 Å². The molecule has 3 N–H and O–H groups in total. The molecule has 0 saturated carbocycles. The Hall–Kier alpha value is -3.16. The first-order chi connectivity index (χ1) is 12.2. The fourth-order valence-corrected chi connectivity index (χ4v) is 3.17. The standard InChI is InChI=1S/C17H18N6O2/c18-14-6-5-12-15(22-14)20-10-21-16(12)23-7-1-4-13(23)17(24)19-9-11-3-2-8-25-11/h2-3,5-6,8,10,13H,1,4,7,9H2,(H,19,24)(H2,18,20,21,22)/t13-/m0/s1. The number of amides is 1. The number of rotatable bonds is 4. The van der Waals surface area contributed by atoms with Crippen LogP contribution in [-0.4, -0.2) is 33.4 Å². The van der Waals surface area contributed by atoms with Crippen LogP contribution in [0.2, 0.25) is 0 Å². The van der Waals surface area contributed by atoms with Crippen molar-refractivity contribution < 1.29 is 9.21 Å². The molecule has 0 aliphatic carbocycles. The molecule has 128 valence electrons. The van der Waals surface area contributed by atoms with Gasteiger partial charge in [-0.1, -0.05) is 0 Å². The van der Waals surface area contributed by atoms with Crippen molar-refractivity contribution in [3.05, 3.63) is 42.6 Å². The van der Waals surface area contributed by atoms with Gasteiger partial charge in [0.1, 0.15) is 29.8 Å². The number of hydrogen-bond acceptors (Lipinski definition) is 7. The number of carbonyl (C=O) groups is 1. The number of nitrogens with two attached hydrogens (primary N) is 1. The first-order valence-corrected chi connectivity index (χ1v) is 8.16. The summed E-state index contributed by atoms with van der Waals surface area (Å²) in [5.74, 6) is 1.81. The van der Waals surface area contributed by atoms with Crippen molar-refractivity contribution in [2.24, 2.45) is 0 Å². The van der Waals surface area contributed by atoms with Crippen molar-refractivity contribution in [1.29, 1.82) is 0 Å². The smallest absolute Gasteiger partial charge is 0.243 e. The third-order valence-corrected chi connectivity index (χ3v) is 4.34. The van der Waals surface area contributed by atoms with Crippen molar-refractivity contribution >= 4 is 28.6 Å². The van der Waals surface area contributed by atoms with E-state index in [1.165, 1.54) is 6.33 Å². The van der Waals surface area contributed by atoms with E-state index in [0.29, 0.717) is 23.8 Å². The molecule has 1 atom stereocenters. The molecular formula is C17H18N6O2. The summed E-state index contributed by atoms with van der Waals surface area (Å²) < 4.78 is 5.26. The monoisotopic (exact) mass is 338 g/mol. The van der Waals surface area contributed by atoms with E-state index >= 15 is 0 Å². The third kappa shape index (κ3) is 2.98. The van der Waals surface area contributed by atoms with Gasteiger partial charge in [0.15, 0.2) is 5.65 Å². The highest BCUT2D eigenvalue weighted by molar-refractivity contribution is 5.92. The summed E-state index contributed by atoms with van der Waals surface area (Å²) in [6.45, 7) is 1.13. The molecule has 1 saturated heterocycles. The second-order valence-electron chi connectivity index (χ2n) is 5.95. The van der Waals surface area contributed by atoms with Gasteiger partial charge in [0.05, 0.1) is 18.2 Å². The molecule has 3 aromatic rings. The molecule has 1 aliphatic rings. The van der Waals surface area contributed by atoms with Crippen molar-refractivity contribution in [2.45, 2.75) is 25.4 Å². The Labute approximate surface area is 144 Å². The normalized spacial score (nSPS) is 17.1. The molecule has 8 nitrogen and oxygen atoms in total. The van der Waals surface area contributed by atoms with E-state index in [-0.39, 0.29) is 11.9 Å². The molecule has 0 spiro atoms. The Morgan fingerprint density at radius 1 is 1.36 bits per heavy atom. The first-order valence-electron chi connectivity index (χ1n) is 8.16. The van der Waals surface area contributed by atoms with Crippen LogP contribution in [0, 0.1) is 0 Å². The highest BCUT2D eigenvalue weighted by Gasteiger charge is 2.32. The van der Waals surface area contributed by atoms with Gasteiger partial charge < -0.3 is 20.4 Å². The lowest BCUT2D eigenvalue weighted by molar-refractivity contribution is -0.122. The van der Waals surface area contributed by atoms with Crippen molar-refractivity contribution in [1.82, 2.24) is 20.3 Å². The van der Waals surface area contributed by atoms with Crippen LogP contribution in [0.15, 0.2) is 41.3 Å². The number of furan rings is 1. The minimum atomic E-state index is -0.273. The van der Waals surface area contributed by atoms with Crippen LogP contribution in [0.5, 0.6) is 0 Å². The van der Waals surface area contributed by atoms with Gasteiger partial charge in [-0.25, -0.2) is 15.0 Å². The topological polar surface area (TPSA) is 110 Å². The summed E-state index contributed by atoms with van der Waals surface area (Å²) in [4.78, 5) is 27.5. The van der Waals surface area contributed by atoms with E-state index in [4.69, 9.17) is 10.2 Å². The zero-order valence-corrected chi connectivity index (χ0v) is 13.6. The van der Waals surface area contributed by atoms with Crippen LogP contribution in [0.1, 0.15) is 18.6 Å². The fraction of sp³-hybridized carbons (Fsp3) is 0.294. The molecule has 1 aliphatic heterocycles.